The number of aldehydes is 1. The van der Waals surface area contributed by atoms with Gasteiger partial charge in [-0.1, -0.05) is 12.1 Å². The highest BCUT2D eigenvalue weighted by atomic mass is 16.5. The monoisotopic (exact) mass is 356 g/mol. The zero-order chi connectivity index (χ0) is 18.5. The van der Waals surface area contributed by atoms with Crippen molar-refractivity contribution in [3.63, 3.8) is 0 Å². The van der Waals surface area contributed by atoms with Crippen LogP contribution in [0, 0.1) is 0 Å². The van der Waals surface area contributed by atoms with Gasteiger partial charge in [-0.15, -0.1) is 0 Å². The first-order valence-electron chi connectivity index (χ1n) is 8.53. The van der Waals surface area contributed by atoms with E-state index in [-0.39, 0.29) is 24.0 Å². The second-order valence-corrected chi connectivity index (χ2v) is 6.34. The molecule has 1 amide bonds. The number of nitrogens with zero attached hydrogens (tertiary/aromatic N) is 3. The van der Waals surface area contributed by atoms with E-state index >= 15 is 0 Å². The second kappa shape index (κ2) is 7.90. The lowest BCUT2D eigenvalue weighted by molar-refractivity contribution is -0.120. The zero-order valence-electron chi connectivity index (χ0n) is 14.4. The molecule has 0 bridgehead atoms. The van der Waals surface area contributed by atoms with Crippen LogP contribution >= 0.6 is 0 Å². The number of hydrogen-bond donors (Lipinski definition) is 2. The predicted molar refractivity (Wildman–Crippen MR) is 91.9 cm³/mol. The van der Waals surface area contributed by atoms with E-state index in [1.165, 1.54) is 12.3 Å². The molecule has 0 aliphatic heterocycles. The van der Waals surface area contributed by atoms with E-state index in [4.69, 9.17) is 4.52 Å². The summed E-state index contributed by atoms with van der Waals surface area (Å²) < 4.78 is 5.23. The van der Waals surface area contributed by atoms with Gasteiger partial charge in [-0.2, -0.15) is 4.98 Å². The van der Waals surface area contributed by atoms with Crippen LogP contribution in [0.25, 0.3) is 11.5 Å². The summed E-state index contributed by atoms with van der Waals surface area (Å²) in [6.07, 6.45) is 5.65. The van der Waals surface area contributed by atoms with Crippen molar-refractivity contribution in [2.45, 2.75) is 44.9 Å². The van der Waals surface area contributed by atoms with Gasteiger partial charge in [0, 0.05) is 23.6 Å². The van der Waals surface area contributed by atoms with Crippen molar-refractivity contribution in [2.75, 3.05) is 0 Å². The first-order valence-corrected chi connectivity index (χ1v) is 8.53. The summed E-state index contributed by atoms with van der Waals surface area (Å²) in [4.78, 5) is 31.7. The normalized spacial score (nSPS) is 15.6. The zero-order valence-corrected chi connectivity index (χ0v) is 14.4. The van der Waals surface area contributed by atoms with Crippen molar-refractivity contribution >= 4 is 12.2 Å². The van der Waals surface area contributed by atoms with Crippen molar-refractivity contribution < 1.29 is 19.2 Å². The van der Waals surface area contributed by atoms with E-state index in [9.17, 15) is 14.7 Å². The van der Waals surface area contributed by atoms with Gasteiger partial charge in [0.25, 0.3) is 0 Å². The molecular formula is C18H20N4O4. The Labute approximate surface area is 150 Å². The Hall–Kier alpha value is -3.03. The van der Waals surface area contributed by atoms with Gasteiger partial charge in [0.15, 0.2) is 0 Å². The van der Waals surface area contributed by atoms with Crippen LogP contribution in [0.15, 0.2) is 34.1 Å². The second-order valence-electron chi connectivity index (χ2n) is 6.34. The van der Waals surface area contributed by atoms with Crippen LogP contribution in [0.2, 0.25) is 0 Å². The summed E-state index contributed by atoms with van der Waals surface area (Å²) in [5.74, 6) is 0.214. The average Bonchev–Trinajstić information content (AvgIpc) is 3.13. The fraction of sp³-hybridized carbons (Fsp3) is 0.389. The molecule has 8 nitrogen and oxygen atoms in total. The summed E-state index contributed by atoms with van der Waals surface area (Å²) in [6, 6.07) is 3.07. The molecule has 0 fully saturated rings. The molecule has 1 atom stereocenters. The molecule has 1 unspecified atom stereocenters. The molecule has 136 valence electrons. The maximum absolute atomic E-state index is 12.3. The third-order valence-electron chi connectivity index (χ3n) is 4.27. The molecule has 0 saturated heterocycles. The Bertz CT molecular complexity index is 826. The Morgan fingerprint density at radius 2 is 2.19 bits per heavy atom. The number of carbonyl (C=O) groups is 2. The first kappa shape index (κ1) is 17.8. The van der Waals surface area contributed by atoms with E-state index < -0.39 is 0 Å². The summed E-state index contributed by atoms with van der Waals surface area (Å²) in [7, 11) is 0. The minimum Gasteiger partial charge on any atom is -0.506 e. The van der Waals surface area contributed by atoms with Crippen molar-refractivity contribution in [1.29, 1.82) is 0 Å². The van der Waals surface area contributed by atoms with Gasteiger partial charge in [0.05, 0.1) is 6.20 Å². The van der Waals surface area contributed by atoms with Gasteiger partial charge in [-0.3, -0.25) is 9.59 Å². The number of aromatic nitrogens is 3. The van der Waals surface area contributed by atoms with Crippen LogP contribution in [0.4, 0.5) is 0 Å². The Morgan fingerprint density at radius 1 is 1.38 bits per heavy atom. The summed E-state index contributed by atoms with van der Waals surface area (Å²) in [5.41, 5.74) is 1.87. The standard InChI is InChI=1S/C18H20N4O4/c1-11(8-16(25)20-14-5-3-2-4-12(14)10-23)18-21-17(22-26-18)15-7-6-13(24)9-19-15/h6-7,9-11,24H,2-5,8H2,1H3,(H,20,25). The van der Waals surface area contributed by atoms with E-state index in [1.54, 1.807) is 6.07 Å². The Balaban J connectivity index is 1.64. The molecule has 2 aromatic rings. The summed E-state index contributed by atoms with van der Waals surface area (Å²) in [5, 5.41) is 16.0. The lowest BCUT2D eigenvalue weighted by Gasteiger charge is -2.18. The quantitative estimate of drug-likeness (QED) is 0.763. The van der Waals surface area contributed by atoms with Gasteiger partial charge in [-0.25, -0.2) is 4.98 Å². The molecule has 8 heteroatoms. The molecule has 26 heavy (non-hydrogen) atoms. The van der Waals surface area contributed by atoms with E-state index in [2.05, 4.69) is 20.4 Å². The van der Waals surface area contributed by atoms with Gasteiger partial charge in [0.2, 0.25) is 17.6 Å². The number of aromatic hydroxyl groups is 1. The van der Waals surface area contributed by atoms with E-state index in [1.807, 2.05) is 6.92 Å². The van der Waals surface area contributed by atoms with Crippen molar-refractivity contribution in [3.8, 4) is 17.3 Å². The maximum Gasteiger partial charge on any atom is 0.230 e. The molecule has 0 saturated carbocycles. The molecule has 0 spiro atoms. The number of allylic oxidation sites excluding steroid dienone is 2. The minimum atomic E-state index is -0.280. The number of amides is 1. The van der Waals surface area contributed by atoms with E-state index in [0.29, 0.717) is 35.8 Å². The first-order chi connectivity index (χ1) is 12.6. The molecule has 0 aromatic carbocycles. The fourth-order valence-electron chi connectivity index (χ4n) is 2.84. The number of carbonyl (C=O) groups excluding carboxylic acids is 2. The molecule has 2 aromatic heterocycles. The van der Waals surface area contributed by atoms with Crippen LogP contribution in [-0.4, -0.2) is 32.4 Å². The average molecular weight is 356 g/mol. The predicted octanol–water partition coefficient (Wildman–Crippen LogP) is 2.47. The van der Waals surface area contributed by atoms with E-state index in [0.717, 1.165) is 24.8 Å². The fourth-order valence-corrected chi connectivity index (χ4v) is 2.84. The van der Waals surface area contributed by atoms with Crippen molar-refractivity contribution in [3.05, 3.63) is 35.5 Å². The molecule has 2 heterocycles. The molecule has 0 radical (unpaired) electrons. The van der Waals surface area contributed by atoms with Crippen LogP contribution in [0.3, 0.4) is 0 Å². The third-order valence-corrected chi connectivity index (χ3v) is 4.27. The number of hydrogen-bond acceptors (Lipinski definition) is 7. The highest BCUT2D eigenvalue weighted by Gasteiger charge is 2.21. The largest absolute Gasteiger partial charge is 0.506 e. The molecule has 3 rings (SSSR count). The van der Waals surface area contributed by atoms with Crippen molar-refractivity contribution in [2.24, 2.45) is 0 Å². The lowest BCUT2D eigenvalue weighted by atomic mass is 9.97. The maximum atomic E-state index is 12.3. The summed E-state index contributed by atoms with van der Waals surface area (Å²) in [6.45, 7) is 1.82. The number of pyridine rings is 1. The minimum absolute atomic E-state index is 0.0502. The Morgan fingerprint density at radius 3 is 2.92 bits per heavy atom. The van der Waals surface area contributed by atoms with Gasteiger partial charge in [0.1, 0.15) is 17.7 Å². The highest BCUT2D eigenvalue weighted by molar-refractivity contribution is 5.82. The topological polar surface area (TPSA) is 118 Å². The van der Waals surface area contributed by atoms with Crippen LogP contribution in [-0.2, 0) is 9.59 Å². The molecule has 2 N–H and O–H groups in total. The number of rotatable bonds is 6. The van der Waals surface area contributed by atoms with Crippen LogP contribution < -0.4 is 5.32 Å². The third kappa shape index (κ3) is 4.14. The van der Waals surface area contributed by atoms with Gasteiger partial charge < -0.3 is 14.9 Å². The molecular weight excluding hydrogens is 336 g/mol. The highest BCUT2D eigenvalue weighted by Crippen LogP contribution is 2.24. The molecule has 1 aliphatic carbocycles. The molecule has 1 aliphatic rings. The van der Waals surface area contributed by atoms with Crippen LogP contribution in [0.1, 0.15) is 50.8 Å². The lowest BCUT2D eigenvalue weighted by Crippen LogP contribution is -2.26. The summed E-state index contributed by atoms with van der Waals surface area (Å²) >= 11 is 0. The Kier molecular flexibility index (Phi) is 5.40. The van der Waals surface area contributed by atoms with Crippen LogP contribution in [0.5, 0.6) is 5.75 Å². The number of nitrogens with one attached hydrogen (secondary N) is 1. The van der Waals surface area contributed by atoms with Gasteiger partial charge >= 0.3 is 0 Å². The SMILES string of the molecule is CC(CC(=O)NC1=C(C=O)CCCC1)c1nc(-c2ccc(O)cn2)no1. The smallest absolute Gasteiger partial charge is 0.230 e. The van der Waals surface area contributed by atoms with Crippen molar-refractivity contribution in [1.82, 2.24) is 20.4 Å². The van der Waals surface area contributed by atoms with Gasteiger partial charge in [-0.05, 0) is 37.8 Å².